The lowest BCUT2D eigenvalue weighted by atomic mass is 10.0. The molecule has 0 saturated heterocycles. The zero-order valence-corrected chi connectivity index (χ0v) is 15.7. The van der Waals surface area contributed by atoms with Crippen LogP contribution in [0.2, 0.25) is 0 Å². The molecule has 0 unspecified atom stereocenters. The number of azo groups is 1. The van der Waals surface area contributed by atoms with Crippen molar-refractivity contribution >= 4 is 11.4 Å². The second-order valence-corrected chi connectivity index (χ2v) is 6.78. The molecule has 0 radical (unpaired) electrons. The SMILES string of the molecule is c1ccc(Cc2ccccc2N=Nc2ccccc2Cc2ccccc2)cc1. The van der Waals surface area contributed by atoms with Gasteiger partial charge in [0.15, 0.2) is 0 Å². The van der Waals surface area contributed by atoms with Gasteiger partial charge in [-0.05, 0) is 47.2 Å². The summed E-state index contributed by atoms with van der Waals surface area (Å²) in [6.07, 6.45) is 1.70. The molecule has 4 aromatic rings. The van der Waals surface area contributed by atoms with Gasteiger partial charge in [-0.3, -0.25) is 0 Å². The summed E-state index contributed by atoms with van der Waals surface area (Å²) in [6, 6.07) is 37.4. The molecule has 0 spiro atoms. The maximum Gasteiger partial charge on any atom is 0.0892 e. The van der Waals surface area contributed by atoms with E-state index in [4.69, 9.17) is 0 Å². The van der Waals surface area contributed by atoms with Gasteiger partial charge in [-0.1, -0.05) is 97.1 Å². The molecular formula is C26H22N2. The van der Waals surface area contributed by atoms with Crippen molar-refractivity contribution < 1.29 is 0 Å². The lowest BCUT2D eigenvalue weighted by Gasteiger charge is -2.07. The molecule has 0 aliphatic carbocycles. The molecule has 0 heterocycles. The fourth-order valence-corrected chi connectivity index (χ4v) is 3.26. The predicted molar refractivity (Wildman–Crippen MR) is 116 cm³/mol. The molecule has 0 atom stereocenters. The van der Waals surface area contributed by atoms with E-state index >= 15 is 0 Å². The lowest BCUT2D eigenvalue weighted by Crippen LogP contribution is -1.89. The second kappa shape index (κ2) is 8.92. The summed E-state index contributed by atoms with van der Waals surface area (Å²) < 4.78 is 0. The third kappa shape index (κ3) is 4.60. The predicted octanol–water partition coefficient (Wildman–Crippen LogP) is 7.28. The number of hydrogen-bond donors (Lipinski definition) is 0. The highest BCUT2D eigenvalue weighted by Gasteiger charge is 2.05. The van der Waals surface area contributed by atoms with Crippen LogP contribution in [-0.2, 0) is 12.8 Å². The van der Waals surface area contributed by atoms with E-state index in [1.165, 1.54) is 22.3 Å². The van der Waals surface area contributed by atoms with Crippen LogP contribution in [0.1, 0.15) is 22.3 Å². The molecule has 2 nitrogen and oxygen atoms in total. The minimum absolute atomic E-state index is 0.849. The highest BCUT2D eigenvalue weighted by atomic mass is 15.1. The summed E-state index contributed by atoms with van der Waals surface area (Å²) in [4.78, 5) is 0. The van der Waals surface area contributed by atoms with Gasteiger partial charge in [0.2, 0.25) is 0 Å². The molecule has 0 fully saturated rings. The third-order valence-electron chi connectivity index (χ3n) is 4.72. The quantitative estimate of drug-likeness (QED) is 0.322. The molecular weight excluding hydrogens is 340 g/mol. The van der Waals surface area contributed by atoms with E-state index in [0.717, 1.165) is 24.2 Å². The molecule has 4 rings (SSSR count). The average molecular weight is 362 g/mol. The van der Waals surface area contributed by atoms with Crippen LogP contribution < -0.4 is 0 Å². The number of hydrogen-bond acceptors (Lipinski definition) is 2. The van der Waals surface area contributed by atoms with Crippen LogP contribution in [0.5, 0.6) is 0 Å². The monoisotopic (exact) mass is 362 g/mol. The van der Waals surface area contributed by atoms with Crippen LogP contribution in [0.25, 0.3) is 0 Å². The van der Waals surface area contributed by atoms with E-state index in [9.17, 15) is 0 Å². The topological polar surface area (TPSA) is 24.7 Å². The molecule has 2 heteroatoms. The van der Waals surface area contributed by atoms with Crippen LogP contribution >= 0.6 is 0 Å². The van der Waals surface area contributed by atoms with Crippen LogP contribution in [0.15, 0.2) is 119 Å². The number of benzene rings is 4. The van der Waals surface area contributed by atoms with Gasteiger partial charge in [-0.2, -0.15) is 10.2 Å². The van der Waals surface area contributed by atoms with E-state index in [1.54, 1.807) is 0 Å². The Morgan fingerprint density at radius 1 is 0.393 bits per heavy atom. The smallest absolute Gasteiger partial charge is 0.0892 e. The maximum atomic E-state index is 4.60. The van der Waals surface area contributed by atoms with Crippen molar-refractivity contribution in [2.45, 2.75) is 12.8 Å². The molecule has 0 saturated carbocycles. The van der Waals surface area contributed by atoms with Crippen LogP contribution in [0, 0.1) is 0 Å². The van der Waals surface area contributed by atoms with Gasteiger partial charge in [0.05, 0.1) is 11.4 Å². The molecule has 0 aliphatic heterocycles. The maximum absolute atomic E-state index is 4.60. The zero-order chi connectivity index (χ0) is 19.0. The third-order valence-corrected chi connectivity index (χ3v) is 4.72. The van der Waals surface area contributed by atoms with Gasteiger partial charge in [-0.15, -0.1) is 0 Å². The molecule has 4 aromatic carbocycles. The summed E-state index contributed by atoms with van der Waals surface area (Å²) >= 11 is 0. The first-order valence-electron chi connectivity index (χ1n) is 9.54. The van der Waals surface area contributed by atoms with E-state index < -0.39 is 0 Å². The number of rotatable bonds is 6. The minimum atomic E-state index is 0.849. The van der Waals surface area contributed by atoms with Crippen LogP contribution in [0.3, 0.4) is 0 Å². The van der Waals surface area contributed by atoms with Crippen molar-refractivity contribution in [3.05, 3.63) is 131 Å². The van der Waals surface area contributed by atoms with E-state index in [-0.39, 0.29) is 0 Å². The Morgan fingerprint density at radius 2 is 0.750 bits per heavy atom. The Kier molecular flexibility index (Phi) is 5.69. The van der Waals surface area contributed by atoms with Crippen molar-refractivity contribution in [1.29, 1.82) is 0 Å². The van der Waals surface area contributed by atoms with E-state index in [1.807, 2.05) is 36.4 Å². The molecule has 0 N–H and O–H groups in total. The normalized spacial score (nSPS) is 11.0. The molecule has 0 aliphatic rings. The Morgan fingerprint density at radius 3 is 1.18 bits per heavy atom. The Bertz CT molecular complexity index is 967. The molecule has 136 valence electrons. The lowest BCUT2D eigenvalue weighted by molar-refractivity contribution is 1.12. The minimum Gasteiger partial charge on any atom is -0.150 e. The fourth-order valence-electron chi connectivity index (χ4n) is 3.26. The van der Waals surface area contributed by atoms with Crippen LogP contribution in [-0.4, -0.2) is 0 Å². The first-order chi connectivity index (χ1) is 13.9. The molecule has 0 bridgehead atoms. The van der Waals surface area contributed by atoms with Gasteiger partial charge in [0, 0.05) is 0 Å². The van der Waals surface area contributed by atoms with Gasteiger partial charge in [0.1, 0.15) is 0 Å². The Labute approximate surface area is 166 Å². The van der Waals surface area contributed by atoms with E-state index in [2.05, 4.69) is 83.0 Å². The number of nitrogens with zero attached hydrogens (tertiary/aromatic N) is 2. The standard InChI is InChI=1S/C26H22N2/c1-3-11-21(12-4-1)19-23-15-7-9-17-25(23)27-28-26-18-10-8-16-24(26)20-22-13-5-2-6-14-22/h1-18H,19-20H2. The molecule has 0 aromatic heterocycles. The zero-order valence-electron chi connectivity index (χ0n) is 15.7. The van der Waals surface area contributed by atoms with Crippen molar-refractivity contribution in [2.24, 2.45) is 10.2 Å². The van der Waals surface area contributed by atoms with E-state index in [0.29, 0.717) is 0 Å². The summed E-state index contributed by atoms with van der Waals surface area (Å²) in [5.41, 5.74) is 6.74. The largest absolute Gasteiger partial charge is 0.150 e. The summed E-state index contributed by atoms with van der Waals surface area (Å²) in [6.45, 7) is 0. The highest BCUT2D eigenvalue weighted by Crippen LogP contribution is 2.27. The highest BCUT2D eigenvalue weighted by molar-refractivity contribution is 5.51. The summed E-state index contributed by atoms with van der Waals surface area (Å²) in [5.74, 6) is 0. The fraction of sp³-hybridized carbons (Fsp3) is 0.0769. The second-order valence-electron chi connectivity index (χ2n) is 6.78. The molecule has 28 heavy (non-hydrogen) atoms. The Hall–Kier alpha value is -3.52. The average Bonchev–Trinajstić information content (AvgIpc) is 2.76. The summed E-state index contributed by atoms with van der Waals surface area (Å²) in [5, 5.41) is 9.20. The van der Waals surface area contributed by atoms with Gasteiger partial charge in [0.25, 0.3) is 0 Å². The Balaban J connectivity index is 1.59. The van der Waals surface area contributed by atoms with Gasteiger partial charge < -0.3 is 0 Å². The van der Waals surface area contributed by atoms with Gasteiger partial charge in [-0.25, -0.2) is 0 Å². The van der Waals surface area contributed by atoms with Crippen molar-refractivity contribution in [2.75, 3.05) is 0 Å². The van der Waals surface area contributed by atoms with Crippen molar-refractivity contribution in [3.63, 3.8) is 0 Å². The summed E-state index contributed by atoms with van der Waals surface area (Å²) in [7, 11) is 0. The van der Waals surface area contributed by atoms with Crippen molar-refractivity contribution in [3.8, 4) is 0 Å². The van der Waals surface area contributed by atoms with Gasteiger partial charge >= 0.3 is 0 Å². The van der Waals surface area contributed by atoms with Crippen molar-refractivity contribution in [1.82, 2.24) is 0 Å². The molecule has 0 amide bonds. The first kappa shape index (κ1) is 17.9. The first-order valence-corrected chi connectivity index (χ1v) is 9.54. The van der Waals surface area contributed by atoms with Crippen LogP contribution in [0.4, 0.5) is 11.4 Å².